The first-order valence-electron chi connectivity index (χ1n) is 24.7. The van der Waals surface area contributed by atoms with Crippen molar-refractivity contribution in [1.29, 1.82) is 0 Å². The van der Waals surface area contributed by atoms with Crippen molar-refractivity contribution in [3.63, 3.8) is 0 Å². The van der Waals surface area contributed by atoms with Crippen LogP contribution in [0.15, 0.2) is 42.5 Å². The van der Waals surface area contributed by atoms with Crippen molar-refractivity contribution in [2.75, 3.05) is 50.2 Å². The minimum absolute atomic E-state index is 0.181. The number of anilines is 2. The number of imidazole rings is 2. The molecule has 0 spiro atoms. The molecule has 5 aromatic rings. The summed E-state index contributed by atoms with van der Waals surface area (Å²) >= 11 is 0. The predicted molar refractivity (Wildman–Crippen MR) is 257 cm³/mol. The lowest BCUT2D eigenvalue weighted by Crippen LogP contribution is -2.51. The molecule has 4 N–H and O–H groups in total. The Morgan fingerprint density at radius 1 is 0.614 bits per heavy atom. The smallest absolute Gasteiger partial charge is 0.407 e. The molecule has 4 aliphatic heterocycles. The molecule has 0 radical (unpaired) electrons. The van der Waals surface area contributed by atoms with Gasteiger partial charge in [0, 0.05) is 32.2 Å². The average Bonchev–Trinajstić information content (AvgIpc) is 4.22. The van der Waals surface area contributed by atoms with Crippen LogP contribution in [0.4, 0.5) is 34.1 Å². The number of ether oxygens (including phenoxy) is 2. The van der Waals surface area contributed by atoms with E-state index >= 15 is 13.2 Å². The van der Waals surface area contributed by atoms with Crippen LogP contribution in [0.3, 0.4) is 0 Å². The van der Waals surface area contributed by atoms with Crippen LogP contribution in [0.25, 0.3) is 22.1 Å². The number of nitrogens with one attached hydrogen (secondary N) is 4. The van der Waals surface area contributed by atoms with E-state index in [0.29, 0.717) is 85.6 Å². The van der Waals surface area contributed by atoms with E-state index in [0.717, 1.165) is 49.3 Å². The molecule has 374 valence electrons. The summed E-state index contributed by atoms with van der Waals surface area (Å²) in [7, 11) is 2.51. The first kappa shape index (κ1) is 48.5. The molecule has 4 fully saturated rings. The van der Waals surface area contributed by atoms with Gasteiger partial charge in [-0.3, -0.25) is 9.59 Å². The molecule has 19 heteroatoms. The van der Waals surface area contributed by atoms with E-state index in [1.165, 1.54) is 14.2 Å². The number of rotatable bonds is 12. The third-order valence-electron chi connectivity index (χ3n) is 14.8. The van der Waals surface area contributed by atoms with Crippen molar-refractivity contribution >= 4 is 57.4 Å². The molecule has 2 aromatic heterocycles. The van der Waals surface area contributed by atoms with Crippen molar-refractivity contribution in [3.8, 4) is 0 Å². The molecule has 16 nitrogen and oxygen atoms in total. The van der Waals surface area contributed by atoms with Crippen LogP contribution < -0.4 is 20.4 Å². The number of hydrogen-bond acceptors (Lipinski definition) is 10. The number of likely N-dealkylation sites (tertiary alicyclic amines) is 2. The van der Waals surface area contributed by atoms with Gasteiger partial charge in [-0.25, -0.2) is 32.7 Å². The van der Waals surface area contributed by atoms with E-state index in [9.17, 15) is 19.2 Å². The monoisotopic (exact) mass is 968 g/mol. The number of aromatic nitrogens is 4. The Kier molecular flexibility index (Phi) is 13.9. The van der Waals surface area contributed by atoms with Crippen LogP contribution in [-0.4, -0.2) is 106 Å². The SMILES string of the molecule is COC(=O)NC(C(=O)N1CCC[C@H]1c1nc2ccc([C@H]3CC[C@H](c4ccc5nc([C@@H]6CCCN6C(=O)[C@@H](NC(=O)OC)C(C)C)[nH]c5c4)N3c3cc(F)c(N4CCCCC4)c(F)c3F)cc2[nH]1)C(C)C. The third kappa shape index (κ3) is 9.18. The summed E-state index contributed by atoms with van der Waals surface area (Å²) < 4.78 is 59.4. The lowest BCUT2D eigenvalue weighted by molar-refractivity contribution is -0.136. The highest BCUT2D eigenvalue weighted by Gasteiger charge is 2.42. The van der Waals surface area contributed by atoms with E-state index in [1.54, 1.807) is 19.6 Å². The van der Waals surface area contributed by atoms with Gasteiger partial charge in [-0.15, -0.1) is 0 Å². The van der Waals surface area contributed by atoms with E-state index in [1.807, 2.05) is 64.1 Å². The topological polar surface area (TPSA) is 181 Å². The summed E-state index contributed by atoms with van der Waals surface area (Å²) in [5.41, 5.74) is 3.73. The molecule has 4 saturated heterocycles. The zero-order valence-electron chi connectivity index (χ0n) is 40.6. The van der Waals surface area contributed by atoms with Crippen molar-refractivity contribution in [3.05, 3.63) is 82.7 Å². The Morgan fingerprint density at radius 2 is 1.09 bits per heavy atom. The number of halogens is 3. The van der Waals surface area contributed by atoms with Crippen LogP contribution >= 0.6 is 0 Å². The van der Waals surface area contributed by atoms with Gasteiger partial charge in [0.2, 0.25) is 11.8 Å². The fourth-order valence-electron chi connectivity index (χ4n) is 11.2. The summed E-state index contributed by atoms with van der Waals surface area (Å²) in [4.78, 5) is 75.8. The minimum atomic E-state index is -1.21. The standard InChI is InChI=1S/C51H63F3N10O6/c1-27(2)43(59-50(67)69-5)48(65)62-22-10-12-38(62)46-55-32-16-14-29(24-34(32)57-46)36-18-19-37(64(36)40-26-31(52)45(42(54)41(40)53)61-20-8-7-9-21-61)30-15-17-33-35(25-30)58-47(56-33)39-13-11-23-63(39)49(66)44(28(3)4)60-51(68)70-6/h14-17,24-28,36-39,43-44H,7-13,18-23H2,1-6H3,(H,55,57)(H,56,58)(H,59,67)(H,60,68)/t36-,37-,38+,39+,43+,44?/m1/s1. The van der Waals surface area contributed by atoms with Crippen molar-refractivity contribution in [2.45, 2.75) is 122 Å². The quantitative estimate of drug-likeness (QED) is 0.0882. The van der Waals surface area contributed by atoms with Gasteiger partial charge in [-0.1, -0.05) is 39.8 Å². The van der Waals surface area contributed by atoms with Crippen molar-refractivity contribution in [2.24, 2.45) is 11.8 Å². The van der Waals surface area contributed by atoms with Gasteiger partial charge in [0.15, 0.2) is 17.5 Å². The van der Waals surface area contributed by atoms with E-state index in [-0.39, 0.29) is 47.1 Å². The van der Waals surface area contributed by atoms with Crippen LogP contribution in [-0.2, 0) is 19.1 Å². The fourth-order valence-corrected chi connectivity index (χ4v) is 11.2. The van der Waals surface area contributed by atoms with E-state index in [4.69, 9.17) is 19.4 Å². The number of methoxy groups -OCH3 is 2. The van der Waals surface area contributed by atoms with E-state index < -0.39 is 53.8 Å². The zero-order valence-corrected chi connectivity index (χ0v) is 40.6. The Hall–Kier alpha value is -6.53. The number of piperidine rings is 1. The summed E-state index contributed by atoms with van der Waals surface area (Å²) in [5.74, 6) is -2.81. The maximum absolute atomic E-state index is 16.9. The number of amides is 4. The maximum Gasteiger partial charge on any atom is 0.407 e. The Balaban J connectivity index is 1.05. The first-order chi connectivity index (χ1) is 33.7. The van der Waals surface area contributed by atoms with Gasteiger partial charge >= 0.3 is 12.2 Å². The number of benzene rings is 3. The second-order valence-electron chi connectivity index (χ2n) is 19.8. The number of nitrogens with zero attached hydrogens (tertiary/aromatic N) is 6. The summed E-state index contributed by atoms with van der Waals surface area (Å²) in [6, 6.07) is 9.23. The van der Waals surface area contributed by atoms with Crippen molar-refractivity contribution < 1.29 is 41.8 Å². The number of H-pyrrole nitrogens is 2. The molecule has 4 amide bonds. The summed E-state index contributed by atoms with van der Waals surface area (Å²) in [6.45, 7) is 9.30. The second-order valence-corrected chi connectivity index (χ2v) is 19.8. The molecule has 9 rings (SSSR count). The van der Waals surface area contributed by atoms with Gasteiger partial charge in [-0.05, 0) is 105 Å². The molecular formula is C51H63F3N10O6. The van der Waals surface area contributed by atoms with E-state index in [2.05, 4.69) is 20.6 Å². The second kappa shape index (κ2) is 20.1. The van der Waals surface area contributed by atoms with Gasteiger partial charge in [0.1, 0.15) is 29.4 Å². The molecule has 0 aliphatic carbocycles. The highest BCUT2D eigenvalue weighted by molar-refractivity contribution is 5.88. The van der Waals surface area contributed by atoms with Crippen LogP contribution in [0, 0.1) is 29.3 Å². The molecule has 3 aromatic carbocycles. The molecule has 1 unspecified atom stereocenters. The number of carbonyl (C=O) groups is 4. The zero-order chi connectivity index (χ0) is 49.5. The molecule has 0 saturated carbocycles. The largest absolute Gasteiger partial charge is 0.453 e. The normalized spacial score (nSPS) is 21.6. The predicted octanol–water partition coefficient (Wildman–Crippen LogP) is 9.02. The molecule has 6 atom stereocenters. The number of fused-ring (bicyclic) bond motifs is 2. The molecule has 70 heavy (non-hydrogen) atoms. The Labute approximate surface area is 405 Å². The highest BCUT2D eigenvalue weighted by atomic mass is 19.2. The summed E-state index contributed by atoms with van der Waals surface area (Å²) in [6.07, 6.45) is 4.94. The summed E-state index contributed by atoms with van der Waals surface area (Å²) in [5, 5.41) is 5.37. The first-order valence-corrected chi connectivity index (χ1v) is 24.7. The van der Waals surface area contributed by atoms with Crippen LogP contribution in [0.2, 0.25) is 0 Å². The number of carbonyl (C=O) groups excluding carboxylic acids is 4. The lowest BCUT2D eigenvalue weighted by Gasteiger charge is -2.35. The Bertz CT molecular complexity index is 2630. The molecule has 4 aliphatic rings. The number of hydrogen-bond donors (Lipinski definition) is 4. The highest BCUT2D eigenvalue weighted by Crippen LogP contribution is 2.50. The number of alkyl carbamates (subject to hydrolysis) is 2. The average molecular weight is 969 g/mol. The maximum atomic E-state index is 16.9. The molecule has 6 heterocycles. The van der Waals surface area contributed by atoms with Crippen LogP contribution in [0.1, 0.15) is 132 Å². The minimum Gasteiger partial charge on any atom is -0.453 e. The lowest BCUT2D eigenvalue weighted by atomic mass is 10.0. The molecular weight excluding hydrogens is 906 g/mol. The van der Waals surface area contributed by atoms with Gasteiger partial charge in [0.05, 0.1) is 66.1 Å². The third-order valence-corrected chi connectivity index (χ3v) is 14.8. The molecule has 0 bridgehead atoms. The fraction of sp³-hybridized carbons (Fsp3) is 0.529. The van der Waals surface area contributed by atoms with Gasteiger partial charge < -0.3 is 49.7 Å². The number of aromatic amines is 2. The van der Waals surface area contributed by atoms with Gasteiger partial charge in [0.25, 0.3) is 0 Å². The van der Waals surface area contributed by atoms with Crippen molar-refractivity contribution in [1.82, 2.24) is 40.4 Å². The van der Waals surface area contributed by atoms with Crippen LogP contribution in [0.5, 0.6) is 0 Å². The Morgan fingerprint density at radius 3 is 1.53 bits per heavy atom. The van der Waals surface area contributed by atoms with Gasteiger partial charge in [-0.2, -0.15) is 0 Å².